The molecule has 1 aromatic heterocycles. The molecule has 2 saturated heterocycles. The molecular formula is C26H33N7O. The summed E-state index contributed by atoms with van der Waals surface area (Å²) in [5, 5.41) is 0. The number of nitrogens with zero attached hydrogens (tertiary/aromatic N) is 6. The predicted molar refractivity (Wildman–Crippen MR) is 138 cm³/mol. The first kappa shape index (κ1) is 22.3. The smallest absolute Gasteiger partial charge is 0.157 e. The highest BCUT2D eigenvalue weighted by Gasteiger charge is 2.25. The molecule has 2 aliphatic rings. The van der Waals surface area contributed by atoms with E-state index in [9.17, 15) is 0 Å². The SMILES string of the molecule is COc1ccc(N2CCN(c3ncnc(N4CCN(Cc5ccccc5)CC4)c3N)CC2)cc1. The van der Waals surface area contributed by atoms with E-state index in [4.69, 9.17) is 10.5 Å². The van der Waals surface area contributed by atoms with Crippen LogP contribution in [-0.4, -0.2) is 74.3 Å². The van der Waals surface area contributed by atoms with Crippen molar-refractivity contribution in [2.45, 2.75) is 6.54 Å². The van der Waals surface area contributed by atoms with Gasteiger partial charge in [0.2, 0.25) is 0 Å². The Morgan fingerprint density at radius 1 is 0.735 bits per heavy atom. The summed E-state index contributed by atoms with van der Waals surface area (Å²) in [5.74, 6) is 2.60. The number of rotatable bonds is 6. The fourth-order valence-corrected chi connectivity index (χ4v) is 4.81. The fourth-order valence-electron chi connectivity index (χ4n) is 4.81. The minimum atomic E-state index is 0.692. The van der Waals surface area contributed by atoms with Crippen LogP contribution in [0.15, 0.2) is 60.9 Å². The summed E-state index contributed by atoms with van der Waals surface area (Å²) < 4.78 is 5.28. The summed E-state index contributed by atoms with van der Waals surface area (Å²) in [5.41, 5.74) is 9.89. The average molecular weight is 460 g/mol. The maximum Gasteiger partial charge on any atom is 0.157 e. The van der Waals surface area contributed by atoms with Gasteiger partial charge in [0.15, 0.2) is 11.6 Å². The van der Waals surface area contributed by atoms with Crippen molar-refractivity contribution in [1.82, 2.24) is 14.9 Å². The molecule has 0 radical (unpaired) electrons. The number of methoxy groups -OCH3 is 1. The number of nitrogen functional groups attached to an aromatic ring is 1. The summed E-state index contributed by atoms with van der Waals surface area (Å²) in [6, 6.07) is 18.9. The molecule has 2 aliphatic heterocycles. The van der Waals surface area contributed by atoms with Crippen LogP contribution in [0.5, 0.6) is 5.75 Å². The number of hydrogen-bond donors (Lipinski definition) is 1. The molecule has 2 aromatic carbocycles. The molecule has 0 unspecified atom stereocenters. The summed E-state index contributed by atoms with van der Waals surface area (Å²) in [6.45, 7) is 8.39. The molecule has 0 amide bonds. The number of ether oxygens (including phenoxy) is 1. The standard InChI is InChI=1S/C26H33N7O/c1-34-23-9-7-22(8-10-23)31-15-17-33(18-16-31)26-24(27)25(28-20-29-26)32-13-11-30(12-14-32)19-21-5-3-2-4-6-21/h2-10,20H,11-19,27H2,1H3. The van der Waals surface area contributed by atoms with Gasteiger partial charge < -0.3 is 25.2 Å². The Bertz CT molecular complexity index is 1060. The van der Waals surface area contributed by atoms with Crippen LogP contribution in [0.4, 0.5) is 23.0 Å². The van der Waals surface area contributed by atoms with Crippen LogP contribution in [0.1, 0.15) is 5.56 Å². The highest BCUT2D eigenvalue weighted by Crippen LogP contribution is 2.31. The van der Waals surface area contributed by atoms with E-state index < -0.39 is 0 Å². The van der Waals surface area contributed by atoms with E-state index >= 15 is 0 Å². The van der Waals surface area contributed by atoms with E-state index in [1.54, 1.807) is 13.4 Å². The normalized spacial score (nSPS) is 17.1. The van der Waals surface area contributed by atoms with Crippen molar-refractivity contribution in [2.24, 2.45) is 0 Å². The van der Waals surface area contributed by atoms with Gasteiger partial charge in [-0.25, -0.2) is 9.97 Å². The minimum absolute atomic E-state index is 0.692. The van der Waals surface area contributed by atoms with Crippen LogP contribution in [0.3, 0.4) is 0 Å². The summed E-state index contributed by atoms with van der Waals surface area (Å²) in [7, 11) is 1.69. The Labute approximate surface area is 201 Å². The Hall–Kier alpha value is -3.52. The lowest BCUT2D eigenvalue weighted by molar-refractivity contribution is 0.249. The third-order valence-corrected chi connectivity index (χ3v) is 6.78. The van der Waals surface area contributed by atoms with Gasteiger partial charge in [0.05, 0.1) is 7.11 Å². The highest BCUT2D eigenvalue weighted by atomic mass is 16.5. The third kappa shape index (κ3) is 4.87. The topological polar surface area (TPSA) is 74.0 Å². The quantitative estimate of drug-likeness (QED) is 0.603. The summed E-state index contributed by atoms with van der Waals surface area (Å²) >= 11 is 0. The molecule has 34 heavy (non-hydrogen) atoms. The van der Waals surface area contributed by atoms with Crippen molar-refractivity contribution in [2.75, 3.05) is 79.9 Å². The van der Waals surface area contributed by atoms with Crippen LogP contribution in [0.2, 0.25) is 0 Å². The largest absolute Gasteiger partial charge is 0.497 e. The molecule has 2 N–H and O–H groups in total. The van der Waals surface area contributed by atoms with E-state index in [-0.39, 0.29) is 0 Å². The maximum absolute atomic E-state index is 6.63. The molecule has 5 rings (SSSR count). The molecule has 2 fully saturated rings. The minimum Gasteiger partial charge on any atom is -0.497 e. The van der Waals surface area contributed by atoms with Gasteiger partial charge in [-0.1, -0.05) is 30.3 Å². The van der Waals surface area contributed by atoms with Crippen LogP contribution in [0.25, 0.3) is 0 Å². The molecule has 178 valence electrons. The number of hydrogen-bond acceptors (Lipinski definition) is 8. The molecule has 8 nitrogen and oxygen atoms in total. The lowest BCUT2D eigenvalue weighted by atomic mass is 10.2. The zero-order chi connectivity index (χ0) is 23.3. The van der Waals surface area contributed by atoms with Gasteiger partial charge in [0.1, 0.15) is 17.8 Å². The molecule has 3 heterocycles. The van der Waals surface area contributed by atoms with Crippen molar-refractivity contribution < 1.29 is 4.74 Å². The highest BCUT2D eigenvalue weighted by molar-refractivity contribution is 5.76. The molecule has 0 spiro atoms. The van der Waals surface area contributed by atoms with Crippen LogP contribution in [0, 0.1) is 0 Å². The van der Waals surface area contributed by atoms with E-state index in [2.05, 4.69) is 72.0 Å². The van der Waals surface area contributed by atoms with E-state index in [1.807, 2.05) is 12.1 Å². The maximum atomic E-state index is 6.63. The van der Waals surface area contributed by atoms with Gasteiger partial charge >= 0.3 is 0 Å². The molecule has 3 aromatic rings. The monoisotopic (exact) mass is 459 g/mol. The lowest BCUT2D eigenvalue weighted by Crippen LogP contribution is -2.48. The number of nitrogens with two attached hydrogens (primary N) is 1. The van der Waals surface area contributed by atoms with E-state index in [1.165, 1.54) is 11.3 Å². The Morgan fingerprint density at radius 2 is 1.29 bits per heavy atom. The number of aromatic nitrogens is 2. The lowest BCUT2D eigenvalue weighted by Gasteiger charge is -2.38. The van der Waals surface area contributed by atoms with Crippen molar-refractivity contribution in [3.05, 3.63) is 66.5 Å². The number of piperazine rings is 2. The molecular weight excluding hydrogens is 426 g/mol. The first-order valence-corrected chi connectivity index (χ1v) is 12.0. The fraction of sp³-hybridized carbons (Fsp3) is 0.385. The summed E-state index contributed by atoms with van der Waals surface area (Å²) in [4.78, 5) is 18.6. The van der Waals surface area contributed by atoms with Crippen LogP contribution >= 0.6 is 0 Å². The summed E-state index contributed by atoms with van der Waals surface area (Å²) in [6.07, 6.45) is 1.66. The van der Waals surface area contributed by atoms with Crippen molar-refractivity contribution >= 4 is 23.0 Å². The Balaban J connectivity index is 1.19. The van der Waals surface area contributed by atoms with Crippen LogP contribution in [-0.2, 0) is 6.54 Å². The van der Waals surface area contributed by atoms with Crippen molar-refractivity contribution in [3.8, 4) is 5.75 Å². The van der Waals surface area contributed by atoms with E-state index in [0.29, 0.717) is 5.69 Å². The average Bonchev–Trinajstić information content (AvgIpc) is 2.90. The predicted octanol–water partition coefficient (Wildman–Crippen LogP) is 2.72. The van der Waals surface area contributed by atoms with Gasteiger partial charge in [-0.15, -0.1) is 0 Å². The van der Waals surface area contributed by atoms with Gasteiger partial charge in [0, 0.05) is 64.6 Å². The second-order valence-electron chi connectivity index (χ2n) is 8.86. The zero-order valence-electron chi connectivity index (χ0n) is 19.8. The van der Waals surface area contributed by atoms with Gasteiger partial charge in [-0.3, -0.25) is 4.90 Å². The van der Waals surface area contributed by atoms with Gasteiger partial charge in [-0.2, -0.15) is 0 Å². The molecule has 8 heteroatoms. The van der Waals surface area contributed by atoms with Crippen molar-refractivity contribution in [1.29, 1.82) is 0 Å². The van der Waals surface area contributed by atoms with Crippen molar-refractivity contribution in [3.63, 3.8) is 0 Å². The second-order valence-corrected chi connectivity index (χ2v) is 8.86. The van der Waals surface area contributed by atoms with Gasteiger partial charge in [0.25, 0.3) is 0 Å². The van der Waals surface area contributed by atoms with E-state index in [0.717, 1.165) is 76.3 Å². The third-order valence-electron chi connectivity index (χ3n) is 6.78. The molecule has 0 aliphatic carbocycles. The first-order valence-electron chi connectivity index (χ1n) is 12.0. The molecule has 0 saturated carbocycles. The Kier molecular flexibility index (Phi) is 6.67. The number of benzene rings is 2. The van der Waals surface area contributed by atoms with Crippen LogP contribution < -0.4 is 25.2 Å². The first-order chi connectivity index (χ1) is 16.7. The van der Waals surface area contributed by atoms with Gasteiger partial charge in [-0.05, 0) is 29.8 Å². The second kappa shape index (κ2) is 10.2. The molecule has 0 atom stereocenters. The zero-order valence-corrected chi connectivity index (χ0v) is 19.8. The Morgan fingerprint density at radius 3 is 1.88 bits per heavy atom. The molecule has 0 bridgehead atoms. The number of anilines is 4.